The Balaban J connectivity index is 1.62. The third kappa shape index (κ3) is 7.26. The van der Waals surface area contributed by atoms with Gasteiger partial charge in [-0.05, 0) is 62.8 Å². The summed E-state index contributed by atoms with van der Waals surface area (Å²) in [4.78, 5) is 14.3. The molecule has 3 saturated heterocycles. The van der Waals surface area contributed by atoms with Crippen LogP contribution in [0.4, 0.5) is 0 Å². The van der Waals surface area contributed by atoms with Gasteiger partial charge in [-0.25, -0.2) is 0 Å². The van der Waals surface area contributed by atoms with Crippen LogP contribution in [0.5, 0.6) is 0 Å². The molecule has 3 heterocycles. The van der Waals surface area contributed by atoms with Crippen LogP contribution in [0.15, 0.2) is 12.2 Å². The third-order valence-electron chi connectivity index (χ3n) is 6.20. The number of nitrogens with one attached hydrogen (secondary N) is 1. The molecule has 2 bridgehead atoms. The summed E-state index contributed by atoms with van der Waals surface area (Å²) in [6.45, 7) is 9.88. The molecule has 0 aromatic rings. The number of carbonyl (C=O) groups excluding carboxylic acids is 1. The van der Waals surface area contributed by atoms with E-state index in [9.17, 15) is 4.79 Å². The van der Waals surface area contributed by atoms with E-state index in [4.69, 9.17) is 0 Å². The maximum Gasteiger partial charge on any atom is 0.243 e. The van der Waals surface area contributed by atoms with E-state index in [-0.39, 0.29) is 5.91 Å². The first kappa shape index (κ1) is 21.8. The van der Waals surface area contributed by atoms with Crippen LogP contribution in [0.1, 0.15) is 72.1 Å². The fourth-order valence-electron chi connectivity index (χ4n) is 4.58. The lowest BCUT2D eigenvalue weighted by Crippen LogP contribution is -2.56. The Morgan fingerprint density at radius 2 is 2.19 bits per heavy atom. The van der Waals surface area contributed by atoms with Gasteiger partial charge in [0.15, 0.2) is 0 Å². The van der Waals surface area contributed by atoms with E-state index in [1.54, 1.807) is 12.2 Å². The molecule has 1 amide bonds. The second kappa shape index (κ2) is 12.1. The molecule has 2 unspecified atom stereocenters. The Labute approximate surface area is 165 Å². The number of fused-ring (bicyclic) bond motifs is 3. The summed E-state index contributed by atoms with van der Waals surface area (Å²) in [5.41, 5.74) is 0. The molecule has 0 aromatic heterocycles. The van der Waals surface area contributed by atoms with E-state index >= 15 is 0 Å². The highest BCUT2D eigenvalue weighted by Gasteiger charge is 2.39. The largest absolute Gasteiger partial charge is 0.351 e. The summed E-state index contributed by atoms with van der Waals surface area (Å²) >= 11 is 2.19. The van der Waals surface area contributed by atoms with Crippen LogP contribution < -0.4 is 5.32 Å². The molecule has 0 aromatic carbocycles. The van der Waals surface area contributed by atoms with Crippen LogP contribution in [0.3, 0.4) is 0 Å². The number of amides is 1. The van der Waals surface area contributed by atoms with E-state index < -0.39 is 0 Å². The van der Waals surface area contributed by atoms with E-state index in [2.05, 4.69) is 35.8 Å². The Kier molecular flexibility index (Phi) is 10.1. The molecule has 4 heteroatoms. The summed E-state index contributed by atoms with van der Waals surface area (Å²) in [7, 11) is 0. The van der Waals surface area contributed by atoms with Crippen LogP contribution in [-0.4, -0.2) is 47.5 Å². The van der Waals surface area contributed by atoms with Gasteiger partial charge in [-0.15, -0.1) is 0 Å². The van der Waals surface area contributed by atoms with E-state index in [1.807, 2.05) is 6.92 Å². The Hall–Kier alpha value is -0.480. The van der Waals surface area contributed by atoms with Gasteiger partial charge in [-0.2, -0.15) is 11.8 Å². The highest BCUT2D eigenvalue weighted by molar-refractivity contribution is 7.99. The van der Waals surface area contributed by atoms with Gasteiger partial charge in [0, 0.05) is 24.4 Å². The summed E-state index contributed by atoms with van der Waals surface area (Å²) in [5, 5.41) is 3.89. The number of unbranched alkanes of at least 4 members (excludes halogenated alkanes) is 3. The quantitative estimate of drug-likeness (QED) is 0.387. The molecule has 3 aliphatic heterocycles. The fourth-order valence-corrected chi connectivity index (χ4v) is 5.75. The average Bonchev–Trinajstić information content (AvgIpc) is 2.64. The molecule has 1 N–H and O–H groups in total. The van der Waals surface area contributed by atoms with Gasteiger partial charge in [-0.3, -0.25) is 9.69 Å². The topological polar surface area (TPSA) is 32.3 Å². The fraction of sp³-hybridized carbons (Fsp3) is 0.864. The zero-order valence-electron chi connectivity index (χ0n) is 17.2. The highest BCUT2D eigenvalue weighted by atomic mass is 32.2. The second-order valence-electron chi connectivity index (χ2n) is 8.26. The zero-order valence-corrected chi connectivity index (χ0v) is 18.0. The minimum absolute atomic E-state index is 0.0519. The zero-order chi connectivity index (χ0) is 18.8. The molecule has 0 saturated carbocycles. The van der Waals surface area contributed by atoms with Crippen molar-refractivity contribution >= 4 is 17.7 Å². The van der Waals surface area contributed by atoms with Crippen molar-refractivity contribution in [1.82, 2.24) is 10.2 Å². The summed E-state index contributed by atoms with van der Waals surface area (Å²) < 4.78 is 0. The van der Waals surface area contributed by atoms with Crippen molar-refractivity contribution in [1.29, 1.82) is 0 Å². The number of nitrogens with zero attached hydrogens (tertiary/aromatic N) is 1. The Morgan fingerprint density at radius 3 is 2.88 bits per heavy atom. The molecular formula is C22H40N2OS. The summed E-state index contributed by atoms with van der Waals surface area (Å²) in [6.07, 6.45) is 14.4. The first-order chi connectivity index (χ1) is 12.6. The standard InChI is InChI=1S/C22H40N2OS/c1-4-6-7-8-10-18(3)26-14-12-20-17-24-13-11-19(20)15-21(24)16-23-22(25)9-5-2/h5,9,18-21H,4,6-8,10-17H2,1-3H3,(H,23,25)/t18?,19-,20-,21-/m0/s1. The molecule has 0 spiro atoms. The maximum absolute atomic E-state index is 11.7. The van der Waals surface area contributed by atoms with Gasteiger partial charge < -0.3 is 5.32 Å². The minimum Gasteiger partial charge on any atom is -0.351 e. The predicted molar refractivity (Wildman–Crippen MR) is 115 cm³/mol. The second-order valence-corrected chi connectivity index (χ2v) is 9.80. The van der Waals surface area contributed by atoms with Crippen molar-refractivity contribution in [3.8, 4) is 0 Å². The molecule has 5 atom stereocenters. The van der Waals surface area contributed by atoms with Gasteiger partial charge in [-0.1, -0.05) is 45.6 Å². The maximum atomic E-state index is 11.7. The smallest absolute Gasteiger partial charge is 0.243 e. The van der Waals surface area contributed by atoms with Crippen LogP contribution in [0, 0.1) is 11.8 Å². The van der Waals surface area contributed by atoms with Crippen molar-refractivity contribution in [2.75, 3.05) is 25.4 Å². The molecule has 0 aliphatic carbocycles. The van der Waals surface area contributed by atoms with Crippen molar-refractivity contribution in [2.24, 2.45) is 11.8 Å². The number of thioether (sulfide) groups is 1. The lowest BCUT2D eigenvalue weighted by molar-refractivity contribution is -0.117. The highest BCUT2D eigenvalue weighted by Crippen LogP contribution is 2.38. The van der Waals surface area contributed by atoms with E-state index in [0.29, 0.717) is 6.04 Å². The number of piperidine rings is 3. The van der Waals surface area contributed by atoms with Crippen LogP contribution in [0.25, 0.3) is 0 Å². The average molecular weight is 381 g/mol. The van der Waals surface area contributed by atoms with Gasteiger partial charge in [0.1, 0.15) is 0 Å². The van der Waals surface area contributed by atoms with Crippen molar-refractivity contribution in [2.45, 2.75) is 83.4 Å². The predicted octanol–water partition coefficient (Wildman–Crippen LogP) is 4.87. The first-order valence-corrected chi connectivity index (χ1v) is 11.9. The van der Waals surface area contributed by atoms with Gasteiger partial charge in [0.25, 0.3) is 0 Å². The van der Waals surface area contributed by atoms with E-state index in [1.165, 1.54) is 70.2 Å². The lowest BCUT2D eigenvalue weighted by Gasteiger charge is -2.50. The Bertz CT molecular complexity index is 440. The Morgan fingerprint density at radius 1 is 1.35 bits per heavy atom. The van der Waals surface area contributed by atoms with Crippen molar-refractivity contribution in [3.05, 3.63) is 12.2 Å². The number of hydrogen-bond acceptors (Lipinski definition) is 3. The summed E-state index contributed by atoms with van der Waals surface area (Å²) in [5.74, 6) is 3.14. The van der Waals surface area contributed by atoms with Crippen LogP contribution in [-0.2, 0) is 4.79 Å². The monoisotopic (exact) mass is 380 g/mol. The molecule has 26 heavy (non-hydrogen) atoms. The molecule has 3 nitrogen and oxygen atoms in total. The number of hydrogen-bond donors (Lipinski definition) is 1. The van der Waals surface area contributed by atoms with Crippen LogP contribution >= 0.6 is 11.8 Å². The normalized spacial score (nSPS) is 29.2. The molecular weight excluding hydrogens is 340 g/mol. The third-order valence-corrected chi connectivity index (χ3v) is 7.48. The van der Waals surface area contributed by atoms with Gasteiger partial charge in [0.05, 0.1) is 0 Å². The van der Waals surface area contributed by atoms with Crippen LogP contribution in [0.2, 0.25) is 0 Å². The molecule has 0 radical (unpaired) electrons. The van der Waals surface area contributed by atoms with E-state index in [0.717, 1.165) is 23.6 Å². The number of carbonyl (C=O) groups is 1. The number of rotatable bonds is 12. The van der Waals surface area contributed by atoms with Crippen molar-refractivity contribution < 1.29 is 4.79 Å². The summed E-state index contributed by atoms with van der Waals surface area (Å²) in [6, 6.07) is 0.560. The number of allylic oxidation sites excluding steroid dienone is 1. The molecule has 150 valence electrons. The minimum atomic E-state index is 0.0519. The van der Waals surface area contributed by atoms with Gasteiger partial charge in [0.2, 0.25) is 5.91 Å². The SMILES string of the molecule is CC=CC(=O)NC[C@@H]1C[C@@H]2CCN1C[C@@H]2CCSC(C)CCCCCC. The lowest BCUT2D eigenvalue weighted by atomic mass is 9.74. The molecule has 3 rings (SSSR count). The molecule has 3 fully saturated rings. The van der Waals surface area contributed by atoms with Crippen molar-refractivity contribution in [3.63, 3.8) is 0 Å². The van der Waals surface area contributed by atoms with Gasteiger partial charge >= 0.3 is 0 Å². The molecule has 3 aliphatic rings. The first-order valence-electron chi connectivity index (χ1n) is 10.9.